The van der Waals surface area contributed by atoms with Crippen molar-refractivity contribution < 1.29 is 0 Å². The number of benzene rings is 26. The first kappa shape index (κ1) is 80.0. The molecular formula is C145H86N2. The maximum Gasteiger partial charge on any atom is 0.0726 e. The minimum absolute atomic E-state index is 0.655. The van der Waals surface area contributed by atoms with Gasteiger partial charge in [-0.05, 0) is 315 Å². The lowest BCUT2D eigenvalue weighted by Gasteiger charge is -2.35. The summed E-state index contributed by atoms with van der Waals surface area (Å²) in [6, 6.07) is 196. The van der Waals surface area contributed by atoms with Crippen molar-refractivity contribution in [3.8, 4) is 100 Å². The van der Waals surface area contributed by atoms with E-state index in [1.807, 2.05) is 0 Å². The van der Waals surface area contributed by atoms with Crippen LogP contribution < -0.4 is 9.80 Å². The van der Waals surface area contributed by atoms with Gasteiger partial charge < -0.3 is 9.80 Å². The summed E-state index contributed by atoms with van der Waals surface area (Å²) in [7, 11) is 0. The quantitative estimate of drug-likeness (QED) is 0.157. The molecule has 8 aliphatic rings. The molecule has 34 rings (SSSR count). The van der Waals surface area contributed by atoms with Crippen LogP contribution in [0.4, 0.5) is 34.1 Å². The zero-order chi connectivity index (χ0) is 95.8. The second-order valence-corrected chi connectivity index (χ2v) is 41.9. The molecule has 0 N–H and O–H groups in total. The summed E-state index contributed by atoms with van der Waals surface area (Å²) in [5, 5.41) is 19.5. The Bertz CT molecular complexity index is 10400. The van der Waals surface area contributed by atoms with E-state index in [1.54, 1.807) is 0 Å². The first-order chi connectivity index (χ1) is 72.9. The highest BCUT2D eigenvalue weighted by molar-refractivity contribution is 6.25. The number of para-hydroxylation sites is 1. The average molecular weight is 1860 g/mol. The molecule has 0 heterocycles. The lowest BCUT2D eigenvalue weighted by Crippen LogP contribution is -2.27. The van der Waals surface area contributed by atoms with Crippen LogP contribution in [0.25, 0.3) is 186 Å². The van der Waals surface area contributed by atoms with Crippen LogP contribution >= 0.6 is 0 Å². The molecule has 26 aromatic carbocycles. The van der Waals surface area contributed by atoms with E-state index in [1.165, 1.54) is 281 Å². The van der Waals surface area contributed by atoms with Crippen molar-refractivity contribution in [1.82, 2.24) is 0 Å². The Balaban J connectivity index is 0.616. The molecule has 4 spiro atoms. The van der Waals surface area contributed by atoms with Crippen LogP contribution in [0.3, 0.4) is 0 Å². The van der Waals surface area contributed by atoms with E-state index in [-0.39, 0.29) is 0 Å². The zero-order valence-electron chi connectivity index (χ0n) is 80.3. The second-order valence-electron chi connectivity index (χ2n) is 41.9. The Labute approximate surface area is 850 Å². The third kappa shape index (κ3) is 9.79. The third-order valence-corrected chi connectivity index (χ3v) is 35.7. The molecule has 1 atom stereocenters. The molecule has 0 amide bonds. The summed E-state index contributed by atoms with van der Waals surface area (Å²) in [6.07, 6.45) is 0. The molecule has 0 radical (unpaired) electrons. The minimum Gasteiger partial charge on any atom is -0.309 e. The fourth-order valence-electron chi connectivity index (χ4n) is 30.3. The SMILES string of the molecule is Cc1ccc(N(c2cc3c(c4ccccc24)-c2c(ccc4ccccc24)C32c3ccccc3-c3ccccc32)c2cc3c(c4ccccc24)-c2c(ccc4c(-c5ccc6c(c5)C5(c7ccccc7-6)c6ccc7ccccc7c6-c6c5cc(N(c5ccccc5)c5cc7c(c8ccccc58)-c5c(ccc8ccccc58)C75c7ccccc7-c7ccccc75)c5ccccc65)cccc24)C32c3ccccc3-c3ccccc32)cc1. The molecule has 8 aliphatic carbocycles. The summed E-state index contributed by atoms with van der Waals surface area (Å²) in [4.78, 5) is 5.35. The van der Waals surface area contributed by atoms with Crippen LogP contribution in [0.2, 0.25) is 0 Å². The van der Waals surface area contributed by atoms with Gasteiger partial charge in [0.25, 0.3) is 0 Å². The number of hydrogen-bond donors (Lipinski definition) is 0. The Morgan fingerprint density at radius 3 is 0.714 bits per heavy atom. The van der Waals surface area contributed by atoms with Crippen molar-refractivity contribution in [2.75, 3.05) is 9.80 Å². The number of hydrogen-bond acceptors (Lipinski definition) is 2. The van der Waals surface area contributed by atoms with Crippen molar-refractivity contribution in [3.63, 3.8) is 0 Å². The number of rotatable bonds is 7. The molecule has 0 saturated heterocycles. The summed E-state index contributed by atoms with van der Waals surface area (Å²) in [5.41, 5.74) is 48.6. The van der Waals surface area contributed by atoms with Crippen LogP contribution in [-0.4, -0.2) is 0 Å². The average Bonchev–Trinajstić information content (AvgIpc) is 1.51. The van der Waals surface area contributed by atoms with Crippen molar-refractivity contribution in [3.05, 3.63) is 598 Å². The van der Waals surface area contributed by atoms with Gasteiger partial charge in [-0.1, -0.05) is 454 Å². The van der Waals surface area contributed by atoms with E-state index < -0.39 is 21.7 Å². The first-order valence-corrected chi connectivity index (χ1v) is 51.8. The van der Waals surface area contributed by atoms with Gasteiger partial charge in [0.05, 0.1) is 44.4 Å². The molecule has 2 heteroatoms. The standard InChI is InChI=1S/C145H86N2/c1-85-66-72-91(73-67-85)147(132-82-127-139(111-54-16-13-51-107(111)132)135-94-40-9-6-35-87(94)70-77-122(135)143(127)116-61-28-21-44-99(116)100-45-22-29-62-117(100)143)133-83-128-141(113-56-18-14-52-108(113)133)137-109-58-33-57-92(96(109)75-79-124(137)144(128)118-63-30-23-46-101(118)102-47-24-31-64-119(102)144)89-68-74-104-103-48-25-32-65-120(103)145(125(104)80-89)123-78-71-88-36-7-10-41-95(88)136(123)140-112-55-17-12-50-106(112)131(84-129(140)145)146(90-37-3-2-4-38-90)130-81-126-138(110-53-15-11-49-105(110)130)134-93-39-8-5-34-86(93)69-76-121(134)142(126)114-59-26-19-42-97(114)98-43-20-27-60-115(98)142/h2-84H,1H3. The van der Waals surface area contributed by atoms with Gasteiger partial charge in [0.15, 0.2) is 0 Å². The fourth-order valence-corrected chi connectivity index (χ4v) is 30.3. The largest absolute Gasteiger partial charge is 0.309 e. The van der Waals surface area contributed by atoms with Gasteiger partial charge in [-0.15, -0.1) is 0 Å². The Kier molecular flexibility index (Phi) is 15.7. The molecule has 0 saturated carbocycles. The normalized spacial score (nSPS) is 15.0. The molecule has 26 aromatic rings. The van der Waals surface area contributed by atoms with Gasteiger partial charge >= 0.3 is 0 Å². The Hall–Kier alpha value is -18.6. The van der Waals surface area contributed by atoms with Crippen molar-refractivity contribution in [2.24, 2.45) is 0 Å². The van der Waals surface area contributed by atoms with Gasteiger partial charge in [-0.3, -0.25) is 0 Å². The van der Waals surface area contributed by atoms with Crippen LogP contribution in [-0.2, 0) is 21.7 Å². The molecule has 0 aliphatic heterocycles. The smallest absolute Gasteiger partial charge is 0.0726 e. The molecular weight excluding hydrogens is 1770 g/mol. The third-order valence-electron chi connectivity index (χ3n) is 35.7. The molecule has 676 valence electrons. The van der Waals surface area contributed by atoms with E-state index in [0.29, 0.717) is 0 Å². The minimum atomic E-state index is -0.841. The van der Waals surface area contributed by atoms with Crippen LogP contribution in [0.5, 0.6) is 0 Å². The summed E-state index contributed by atoms with van der Waals surface area (Å²) < 4.78 is 0. The second kappa shape index (κ2) is 28.9. The summed E-state index contributed by atoms with van der Waals surface area (Å²) in [6.45, 7) is 2.22. The van der Waals surface area contributed by atoms with Crippen molar-refractivity contribution in [2.45, 2.75) is 28.6 Å². The van der Waals surface area contributed by atoms with Gasteiger partial charge in [-0.25, -0.2) is 0 Å². The predicted octanol–water partition coefficient (Wildman–Crippen LogP) is 37.2. The highest BCUT2D eigenvalue weighted by Gasteiger charge is 2.59. The van der Waals surface area contributed by atoms with Gasteiger partial charge in [0.2, 0.25) is 0 Å². The topological polar surface area (TPSA) is 6.48 Å². The van der Waals surface area contributed by atoms with Gasteiger partial charge in [-0.2, -0.15) is 0 Å². The molecule has 0 aromatic heterocycles. The van der Waals surface area contributed by atoms with Crippen LogP contribution in [0.15, 0.2) is 504 Å². The van der Waals surface area contributed by atoms with Gasteiger partial charge in [0.1, 0.15) is 0 Å². The van der Waals surface area contributed by atoms with E-state index in [0.717, 1.165) is 34.1 Å². The van der Waals surface area contributed by atoms with Crippen molar-refractivity contribution in [1.29, 1.82) is 0 Å². The van der Waals surface area contributed by atoms with E-state index in [4.69, 9.17) is 0 Å². The van der Waals surface area contributed by atoms with E-state index in [9.17, 15) is 0 Å². The molecule has 2 nitrogen and oxygen atoms in total. The monoisotopic (exact) mass is 1850 g/mol. The lowest BCUT2D eigenvalue weighted by molar-refractivity contribution is 0.794. The predicted molar refractivity (Wildman–Crippen MR) is 611 cm³/mol. The molecule has 1 unspecified atom stereocenters. The maximum absolute atomic E-state index is 2.68. The Morgan fingerprint density at radius 1 is 0.136 bits per heavy atom. The fraction of sp³-hybridized carbons (Fsp3) is 0.0345. The first-order valence-electron chi connectivity index (χ1n) is 51.8. The van der Waals surface area contributed by atoms with E-state index >= 15 is 0 Å². The molecule has 0 bridgehead atoms. The highest BCUT2D eigenvalue weighted by atomic mass is 15.2. The van der Waals surface area contributed by atoms with Crippen LogP contribution in [0, 0.1) is 6.92 Å². The number of fused-ring (bicyclic) bond motifs is 56. The molecule has 0 fully saturated rings. The number of aryl methyl sites for hydroxylation is 1. The maximum atomic E-state index is 2.68. The summed E-state index contributed by atoms with van der Waals surface area (Å²) in [5.74, 6) is 0. The lowest BCUT2D eigenvalue weighted by atomic mass is 9.69. The van der Waals surface area contributed by atoms with Crippen molar-refractivity contribution >= 4 is 120 Å². The Morgan fingerprint density at radius 2 is 0.374 bits per heavy atom. The summed E-state index contributed by atoms with van der Waals surface area (Å²) >= 11 is 0. The molecule has 147 heavy (non-hydrogen) atoms. The van der Waals surface area contributed by atoms with Gasteiger partial charge in [0, 0.05) is 32.9 Å². The number of nitrogens with zero attached hydrogens (tertiary/aromatic N) is 2. The number of anilines is 6. The zero-order valence-corrected chi connectivity index (χ0v) is 80.3. The van der Waals surface area contributed by atoms with E-state index in [2.05, 4.69) is 520 Å². The van der Waals surface area contributed by atoms with Crippen LogP contribution in [0.1, 0.15) is 94.6 Å². The highest BCUT2D eigenvalue weighted by Crippen LogP contribution is 2.74.